The van der Waals surface area contributed by atoms with Gasteiger partial charge in [0.2, 0.25) is 5.91 Å². The van der Waals surface area contributed by atoms with Crippen LogP contribution in [0, 0.1) is 0 Å². The van der Waals surface area contributed by atoms with Gasteiger partial charge in [0, 0.05) is 23.1 Å². The molecule has 0 aliphatic carbocycles. The van der Waals surface area contributed by atoms with E-state index in [9.17, 15) is 4.79 Å². The van der Waals surface area contributed by atoms with Gasteiger partial charge in [-0.05, 0) is 31.2 Å². The van der Waals surface area contributed by atoms with Crippen LogP contribution in [-0.2, 0) is 11.3 Å². The number of nitrogens with one attached hydrogen (secondary N) is 1. The molecule has 19 heavy (non-hydrogen) atoms. The number of hydrogen-bond acceptors (Lipinski definition) is 3. The quantitative estimate of drug-likeness (QED) is 0.849. The van der Waals surface area contributed by atoms with Gasteiger partial charge in [-0.25, -0.2) is 0 Å². The molecule has 2 rings (SSSR count). The lowest BCUT2D eigenvalue weighted by molar-refractivity contribution is -0.122. The summed E-state index contributed by atoms with van der Waals surface area (Å²) in [6.45, 7) is 1.94. The minimum atomic E-state index is -0.227. The zero-order valence-electron chi connectivity index (χ0n) is 11.1. The maximum atomic E-state index is 11.8. The minimum Gasteiger partial charge on any atom is -0.497 e. The minimum absolute atomic E-state index is 0.0602. The van der Waals surface area contributed by atoms with E-state index in [1.807, 2.05) is 35.0 Å². The number of nitrogens with zero attached hydrogens (tertiary/aromatic N) is 1. The zero-order valence-corrected chi connectivity index (χ0v) is 11.1. The number of aliphatic hydroxyl groups is 1. The molecule has 0 aliphatic rings. The Morgan fingerprint density at radius 3 is 2.95 bits per heavy atom. The number of ether oxygens (including phenoxy) is 1. The molecule has 0 saturated heterocycles. The summed E-state index contributed by atoms with van der Waals surface area (Å²) < 4.78 is 7.03. The number of hydrogen-bond donors (Lipinski definition) is 2. The molecule has 1 atom stereocenters. The highest BCUT2D eigenvalue weighted by Gasteiger charge is 2.09. The molecule has 0 aliphatic heterocycles. The van der Waals surface area contributed by atoms with Crippen LogP contribution < -0.4 is 10.1 Å². The molecule has 1 unspecified atom stereocenters. The van der Waals surface area contributed by atoms with Crippen LogP contribution in [0.4, 0.5) is 0 Å². The Kier molecular flexibility index (Phi) is 4.06. The van der Waals surface area contributed by atoms with Crippen LogP contribution in [0.3, 0.4) is 0 Å². The van der Waals surface area contributed by atoms with E-state index in [1.54, 1.807) is 14.0 Å². The topological polar surface area (TPSA) is 63.5 Å². The van der Waals surface area contributed by atoms with Gasteiger partial charge in [0.25, 0.3) is 0 Å². The van der Waals surface area contributed by atoms with Crippen molar-refractivity contribution in [2.75, 3.05) is 13.7 Å². The van der Waals surface area contributed by atoms with Crippen LogP contribution in [0.5, 0.6) is 5.75 Å². The van der Waals surface area contributed by atoms with Crippen molar-refractivity contribution in [3.05, 3.63) is 30.5 Å². The lowest BCUT2D eigenvalue weighted by Gasteiger charge is -2.11. The summed E-state index contributed by atoms with van der Waals surface area (Å²) in [7, 11) is 1.63. The summed E-state index contributed by atoms with van der Waals surface area (Å²) in [5.74, 6) is 0.679. The summed E-state index contributed by atoms with van der Waals surface area (Å²) in [5.41, 5.74) is 0.979. The van der Waals surface area contributed by atoms with Crippen molar-refractivity contribution in [1.29, 1.82) is 0 Å². The van der Waals surface area contributed by atoms with Gasteiger partial charge < -0.3 is 19.7 Å². The summed E-state index contributed by atoms with van der Waals surface area (Å²) >= 11 is 0. The first-order valence-corrected chi connectivity index (χ1v) is 6.17. The van der Waals surface area contributed by atoms with Crippen molar-refractivity contribution in [2.45, 2.75) is 19.5 Å². The average molecular weight is 262 g/mol. The lowest BCUT2D eigenvalue weighted by atomic mass is 10.2. The molecule has 5 heteroatoms. The van der Waals surface area contributed by atoms with Crippen LogP contribution in [0.2, 0.25) is 0 Å². The van der Waals surface area contributed by atoms with Gasteiger partial charge in [0.1, 0.15) is 12.3 Å². The van der Waals surface area contributed by atoms with Crippen molar-refractivity contribution in [3.63, 3.8) is 0 Å². The molecule has 0 radical (unpaired) electrons. The molecule has 0 saturated carbocycles. The number of carbonyl (C=O) groups excluding carboxylic acids is 1. The Hall–Kier alpha value is -2.01. The smallest absolute Gasteiger partial charge is 0.240 e. The molecular formula is C14H18N2O3. The second-order valence-corrected chi connectivity index (χ2v) is 4.52. The van der Waals surface area contributed by atoms with Crippen molar-refractivity contribution in [3.8, 4) is 5.75 Å². The molecule has 0 bridgehead atoms. The molecule has 2 N–H and O–H groups in total. The Balaban J connectivity index is 2.15. The summed E-state index contributed by atoms with van der Waals surface area (Å²) in [5, 5.41) is 12.7. The standard InChI is InChI=1S/C14H18N2O3/c1-10(9-17)15-14(18)8-16-6-5-11-7-12(19-2)3-4-13(11)16/h3-7,10,17H,8-9H2,1-2H3,(H,15,18). The molecule has 1 aromatic carbocycles. The second kappa shape index (κ2) is 5.75. The van der Waals surface area contributed by atoms with Crippen LogP contribution in [0.1, 0.15) is 6.92 Å². The predicted octanol–water partition coefficient (Wildman–Crippen LogP) is 1.15. The SMILES string of the molecule is COc1ccc2c(ccn2CC(=O)NC(C)CO)c1. The van der Waals surface area contributed by atoms with Crippen LogP contribution >= 0.6 is 0 Å². The van der Waals surface area contributed by atoms with Gasteiger partial charge in [0.05, 0.1) is 13.7 Å². The van der Waals surface area contributed by atoms with E-state index < -0.39 is 0 Å². The van der Waals surface area contributed by atoms with Crippen LogP contribution in [0.25, 0.3) is 10.9 Å². The number of rotatable bonds is 5. The number of benzene rings is 1. The van der Waals surface area contributed by atoms with E-state index in [0.29, 0.717) is 0 Å². The maximum absolute atomic E-state index is 11.8. The molecular weight excluding hydrogens is 244 g/mol. The number of methoxy groups -OCH3 is 1. The molecule has 0 spiro atoms. The van der Waals surface area contributed by atoms with Gasteiger partial charge in [0.15, 0.2) is 0 Å². The first kappa shape index (κ1) is 13.4. The molecule has 1 amide bonds. The first-order chi connectivity index (χ1) is 9.13. The van der Waals surface area contributed by atoms with E-state index in [4.69, 9.17) is 9.84 Å². The van der Waals surface area contributed by atoms with Gasteiger partial charge in [-0.15, -0.1) is 0 Å². The molecule has 2 aromatic rings. The molecule has 102 valence electrons. The Labute approximate surface area is 111 Å². The monoisotopic (exact) mass is 262 g/mol. The fraction of sp³-hybridized carbons (Fsp3) is 0.357. The Morgan fingerprint density at radius 1 is 1.47 bits per heavy atom. The third-order valence-electron chi connectivity index (χ3n) is 2.97. The fourth-order valence-electron chi connectivity index (χ4n) is 1.96. The Bertz CT molecular complexity index is 577. The second-order valence-electron chi connectivity index (χ2n) is 4.52. The van der Waals surface area contributed by atoms with Crippen molar-refractivity contribution in [1.82, 2.24) is 9.88 Å². The highest BCUT2D eigenvalue weighted by Crippen LogP contribution is 2.21. The van der Waals surface area contributed by atoms with E-state index in [-0.39, 0.29) is 25.1 Å². The number of aliphatic hydroxyl groups excluding tert-OH is 1. The van der Waals surface area contributed by atoms with E-state index in [0.717, 1.165) is 16.7 Å². The molecule has 1 aromatic heterocycles. The van der Waals surface area contributed by atoms with E-state index >= 15 is 0 Å². The highest BCUT2D eigenvalue weighted by atomic mass is 16.5. The van der Waals surface area contributed by atoms with E-state index in [1.165, 1.54) is 0 Å². The lowest BCUT2D eigenvalue weighted by Crippen LogP contribution is -2.37. The van der Waals surface area contributed by atoms with Crippen LogP contribution in [0.15, 0.2) is 30.5 Å². The van der Waals surface area contributed by atoms with Crippen molar-refractivity contribution < 1.29 is 14.6 Å². The fourth-order valence-corrected chi connectivity index (χ4v) is 1.96. The average Bonchev–Trinajstić information content (AvgIpc) is 2.80. The molecule has 5 nitrogen and oxygen atoms in total. The third kappa shape index (κ3) is 3.06. The Morgan fingerprint density at radius 2 is 2.26 bits per heavy atom. The van der Waals surface area contributed by atoms with Gasteiger partial charge in [-0.1, -0.05) is 0 Å². The molecule has 1 heterocycles. The molecule has 0 fully saturated rings. The van der Waals surface area contributed by atoms with Crippen molar-refractivity contribution in [2.24, 2.45) is 0 Å². The number of amides is 1. The van der Waals surface area contributed by atoms with Gasteiger partial charge in [-0.2, -0.15) is 0 Å². The van der Waals surface area contributed by atoms with Gasteiger partial charge >= 0.3 is 0 Å². The van der Waals surface area contributed by atoms with Crippen molar-refractivity contribution >= 4 is 16.8 Å². The van der Waals surface area contributed by atoms with Crippen LogP contribution in [-0.4, -0.2) is 35.3 Å². The predicted molar refractivity (Wildman–Crippen MR) is 73.2 cm³/mol. The number of carbonyl (C=O) groups is 1. The normalized spacial score (nSPS) is 12.4. The zero-order chi connectivity index (χ0) is 13.8. The summed E-state index contributed by atoms with van der Waals surface area (Å²) in [6, 6.07) is 7.44. The highest BCUT2D eigenvalue weighted by molar-refractivity contribution is 5.84. The third-order valence-corrected chi connectivity index (χ3v) is 2.97. The van der Waals surface area contributed by atoms with Gasteiger partial charge in [-0.3, -0.25) is 4.79 Å². The largest absolute Gasteiger partial charge is 0.497 e. The number of aromatic nitrogens is 1. The van der Waals surface area contributed by atoms with E-state index in [2.05, 4.69) is 5.32 Å². The number of fused-ring (bicyclic) bond motifs is 1. The maximum Gasteiger partial charge on any atom is 0.240 e. The first-order valence-electron chi connectivity index (χ1n) is 6.17. The summed E-state index contributed by atoms with van der Waals surface area (Å²) in [6.07, 6.45) is 1.87. The summed E-state index contributed by atoms with van der Waals surface area (Å²) in [4.78, 5) is 11.8.